The number of aliphatic hydroxyl groups is 3. The minimum atomic E-state index is -1.74. The number of guanidine groups is 1. The van der Waals surface area contributed by atoms with Gasteiger partial charge in [-0.1, -0.05) is 0 Å². The van der Waals surface area contributed by atoms with Gasteiger partial charge >= 0.3 is 0 Å². The van der Waals surface area contributed by atoms with E-state index in [4.69, 9.17) is 15.6 Å². The summed E-state index contributed by atoms with van der Waals surface area (Å²) in [5.74, 6) is 0.218. The van der Waals surface area contributed by atoms with E-state index in [0.29, 0.717) is 0 Å². The minimum Gasteiger partial charge on any atom is -0.394 e. The van der Waals surface area contributed by atoms with E-state index in [1.807, 2.05) is 0 Å². The Balaban J connectivity index is 1.96. The summed E-state index contributed by atoms with van der Waals surface area (Å²) in [6.45, 7) is -0.436. The SMILES string of the molecule is NC1=NS(=O)c2ncn(C3OC(CO)C(O)C3O)c2N1. The normalized spacial score (nSPS) is 36.4. The Bertz CT molecular complexity index is 589. The summed E-state index contributed by atoms with van der Waals surface area (Å²) >= 11 is 0. The van der Waals surface area contributed by atoms with E-state index in [1.54, 1.807) is 0 Å². The summed E-state index contributed by atoms with van der Waals surface area (Å²) in [6.07, 6.45) is -3.09. The summed E-state index contributed by atoms with van der Waals surface area (Å²) in [6, 6.07) is 0. The molecule has 1 fully saturated rings. The highest BCUT2D eigenvalue weighted by atomic mass is 32.2. The molecular weight excluding hydrogens is 290 g/mol. The van der Waals surface area contributed by atoms with Crippen LogP contribution in [0.25, 0.3) is 0 Å². The number of aliphatic hydroxyl groups excluding tert-OH is 3. The number of aromatic nitrogens is 2. The lowest BCUT2D eigenvalue weighted by Crippen LogP contribution is -2.34. The van der Waals surface area contributed by atoms with Crippen LogP contribution in [-0.2, 0) is 15.7 Å². The summed E-state index contributed by atoms with van der Waals surface area (Å²) in [4.78, 5) is 3.93. The molecule has 6 N–H and O–H groups in total. The highest BCUT2D eigenvalue weighted by molar-refractivity contribution is 7.84. The molecule has 10 nitrogen and oxygen atoms in total. The van der Waals surface area contributed by atoms with Crippen molar-refractivity contribution in [3.8, 4) is 0 Å². The van der Waals surface area contributed by atoms with E-state index in [9.17, 15) is 14.4 Å². The van der Waals surface area contributed by atoms with Crippen molar-refractivity contribution in [2.24, 2.45) is 10.1 Å². The average molecular weight is 303 g/mol. The molecule has 0 radical (unpaired) electrons. The first kappa shape index (κ1) is 13.5. The molecule has 110 valence electrons. The Hall–Kier alpha value is -1.53. The van der Waals surface area contributed by atoms with Crippen LogP contribution in [0.3, 0.4) is 0 Å². The summed E-state index contributed by atoms with van der Waals surface area (Å²) in [7, 11) is -1.74. The molecular formula is C9H13N5O5S. The van der Waals surface area contributed by atoms with Gasteiger partial charge in [-0.2, -0.15) is 0 Å². The van der Waals surface area contributed by atoms with Crippen LogP contribution in [0.4, 0.5) is 5.82 Å². The Morgan fingerprint density at radius 1 is 1.50 bits per heavy atom. The van der Waals surface area contributed by atoms with Crippen molar-refractivity contribution in [1.82, 2.24) is 9.55 Å². The van der Waals surface area contributed by atoms with Crippen molar-refractivity contribution >= 4 is 22.8 Å². The number of ether oxygens (including phenoxy) is 1. The zero-order chi connectivity index (χ0) is 14.4. The molecule has 3 rings (SSSR count). The lowest BCUT2D eigenvalue weighted by atomic mass is 10.1. The van der Waals surface area contributed by atoms with Gasteiger partial charge in [0.1, 0.15) is 24.6 Å². The van der Waals surface area contributed by atoms with Crippen molar-refractivity contribution in [2.75, 3.05) is 11.9 Å². The third-order valence-corrected chi connectivity index (χ3v) is 4.14. The van der Waals surface area contributed by atoms with Gasteiger partial charge in [-0.25, -0.2) is 9.19 Å². The van der Waals surface area contributed by atoms with Gasteiger partial charge in [-0.3, -0.25) is 4.57 Å². The molecule has 0 aromatic carbocycles. The van der Waals surface area contributed by atoms with Crippen LogP contribution in [0.15, 0.2) is 15.8 Å². The van der Waals surface area contributed by atoms with Crippen LogP contribution in [-0.4, -0.2) is 60.0 Å². The molecule has 1 aromatic heterocycles. The predicted octanol–water partition coefficient (Wildman–Crippen LogP) is -2.74. The lowest BCUT2D eigenvalue weighted by molar-refractivity contribution is -0.0518. The van der Waals surface area contributed by atoms with Crippen LogP contribution in [0, 0.1) is 0 Å². The van der Waals surface area contributed by atoms with Crippen molar-refractivity contribution in [3.05, 3.63) is 6.33 Å². The molecule has 5 atom stereocenters. The zero-order valence-electron chi connectivity index (χ0n) is 10.1. The maximum Gasteiger partial charge on any atom is 0.209 e. The van der Waals surface area contributed by atoms with E-state index in [1.165, 1.54) is 10.9 Å². The van der Waals surface area contributed by atoms with Gasteiger partial charge < -0.3 is 31.1 Å². The smallest absolute Gasteiger partial charge is 0.209 e. The first-order chi connectivity index (χ1) is 9.52. The third-order valence-electron chi connectivity index (χ3n) is 3.14. The highest BCUT2D eigenvalue weighted by Gasteiger charge is 2.44. The molecule has 3 heterocycles. The van der Waals surface area contributed by atoms with Crippen molar-refractivity contribution in [2.45, 2.75) is 29.6 Å². The maximum atomic E-state index is 11.7. The van der Waals surface area contributed by atoms with E-state index in [2.05, 4.69) is 14.7 Å². The number of imidazole rings is 1. The molecule has 0 bridgehead atoms. The van der Waals surface area contributed by atoms with Gasteiger partial charge in [0.2, 0.25) is 5.96 Å². The molecule has 0 saturated carbocycles. The number of rotatable bonds is 2. The van der Waals surface area contributed by atoms with Crippen LogP contribution in [0.5, 0.6) is 0 Å². The second-order valence-corrected chi connectivity index (χ2v) is 5.45. The fourth-order valence-electron chi connectivity index (χ4n) is 2.17. The van der Waals surface area contributed by atoms with Crippen molar-refractivity contribution in [1.29, 1.82) is 0 Å². The monoisotopic (exact) mass is 303 g/mol. The molecule has 2 aliphatic rings. The Labute approximate surface area is 115 Å². The number of hydrogen-bond donors (Lipinski definition) is 5. The van der Waals surface area contributed by atoms with Crippen LogP contribution < -0.4 is 11.1 Å². The second kappa shape index (κ2) is 4.79. The van der Waals surface area contributed by atoms with E-state index in [0.717, 1.165) is 0 Å². The van der Waals surface area contributed by atoms with Gasteiger partial charge in [0.25, 0.3) is 0 Å². The quantitative estimate of drug-likeness (QED) is 0.394. The highest BCUT2D eigenvalue weighted by Crippen LogP contribution is 2.34. The van der Waals surface area contributed by atoms with Gasteiger partial charge in [0, 0.05) is 0 Å². The molecule has 0 spiro atoms. The number of anilines is 1. The van der Waals surface area contributed by atoms with Gasteiger partial charge in [0.05, 0.1) is 6.61 Å². The standard InChI is InChI=1S/C9H13N5O5S/c10-9-12-6-7(20(18)13-9)11-2-14(6)8-5(17)4(16)3(1-15)19-8/h2-5,8,15-17H,1H2,(H3,10,12,13). The van der Waals surface area contributed by atoms with E-state index in [-0.39, 0.29) is 16.8 Å². The first-order valence-electron chi connectivity index (χ1n) is 5.75. The predicted molar refractivity (Wildman–Crippen MR) is 66.9 cm³/mol. The summed E-state index contributed by atoms with van der Waals surface area (Å²) in [5, 5.41) is 31.6. The molecule has 2 aliphatic heterocycles. The van der Waals surface area contributed by atoms with E-state index >= 15 is 0 Å². The Morgan fingerprint density at radius 2 is 2.25 bits per heavy atom. The summed E-state index contributed by atoms with van der Waals surface area (Å²) in [5.41, 5.74) is 5.49. The number of nitrogens with one attached hydrogen (secondary N) is 1. The largest absolute Gasteiger partial charge is 0.394 e. The molecule has 5 unspecified atom stereocenters. The molecule has 20 heavy (non-hydrogen) atoms. The number of fused-ring (bicyclic) bond motifs is 1. The van der Waals surface area contributed by atoms with Crippen LogP contribution in [0.1, 0.15) is 6.23 Å². The average Bonchev–Trinajstić information content (AvgIpc) is 2.93. The Morgan fingerprint density at radius 3 is 2.90 bits per heavy atom. The summed E-state index contributed by atoms with van der Waals surface area (Å²) < 4.78 is 22.1. The maximum absolute atomic E-state index is 11.7. The fourth-order valence-corrected chi connectivity index (χ4v) is 2.94. The first-order valence-corrected chi connectivity index (χ1v) is 6.86. The van der Waals surface area contributed by atoms with Crippen molar-refractivity contribution in [3.63, 3.8) is 0 Å². The third kappa shape index (κ3) is 1.91. The lowest BCUT2D eigenvalue weighted by Gasteiger charge is -2.20. The second-order valence-electron chi connectivity index (χ2n) is 4.39. The zero-order valence-corrected chi connectivity index (χ0v) is 10.9. The number of nitrogens with zero attached hydrogens (tertiary/aromatic N) is 3. The molecule has 0 aliphatic carbocycles. The van der Waals surface area contributed by atoms with E-state index < -0.39 is 42.1 Å². The van der Waals surface area contributed by atoms with Crippen molar-refractivity contribution < 1.29 is 24.3 Å². The van der Waals surface area contributed by atoms with Crippen LogP contribution in [0.2, 0.25) is 0 Å². The van der Waals surface area contributed by atoms with Gasteiger partial charge in [-0.05, 0) is 0 Å². The van der Waals surface area contributed by atoms with Crippen LogP contribution >= 0.6 is 0 Å². The topological polar surface area (TPSA) is 155 Å². The van der Waals surface area contributed by atoms with Gasteiger partial charge in [-0.15, -0.1) is 4.40 Å². The minimum absolute atomic E-state index is 0.0515. The molecule has 1 aromatic rings. The Kier molecular flexibility index (Phi) is 3.22. The molecule has 11 heteroatoms. The van der Waals surface area contributed by atoms with Gasteiger partial charge in [0.15, 0.2) is 28.1 Å². The number of nitrogens with two attached hydrogens (primary N) is 1. The molecule has 0 amide bonds. The molecule has 1 saturated heterocycles. The fraction of sp³-hybridized carbons (Fsp3) is 0.556. The number of hydrogen-bond acceptors (Lipinski definition) is 8.